The van der Waals surface area contributed by atoms with E-state index in [1.807, 2.05) is 61.6 Å². The minimum absolute atomic E-state index is 0.251. The quantitative estimate of drug-likeness (QED) is 0.469. The van der Waals surface area contributed by atoms with Crippen molar-refractivity contribution in [2.75, 3.05) is 10.0 Å². The molecule has 4 aromatic rings. The number of nitrogens with one attached hydrogen (secondary N) is 2. The highest BCUT2D eigenvalue weighted by Gasteiger charge is 2.14. The fourth-order valence-electron chi connectivity index (χ4n) is 2.72. The smallest absolute Gasteiger partial charge is 0.276 e. The van der Waals surface area contributed by atoms with Gasteiger partial charge in [0.1, 0.15) is 0 Å². The first-order chi connectivity index (χ1) is 14.2. The second-order valence-corrected chi connectivity index (χ2v) is 7.04. The molecule has 0 aliphatic heterocycles. The molecule has 0 bridgehead atoms. The van der Waals surface area contributed by atoms with Gasteiger partial charge < -0.3 is 5.32 Å². The number of rotatable bonds is 6. The van der Waals surface area contributed by atoms with Crippen LogP contribution in [0.4, 0.5) is 11.6 Å². The maximum Gasteiger partial charge on any atom is 0.276 e. The number of aromatic nitrogens is 4. The Balaban J connectivity index is 1.40. The predicted octanol–water partition coefficient (Wildman–Crippen LogP) is 4.25. The van der Waals surface area contributed by atoms with Gasteiger partial charge in [-0.1, -0.05) is 30.3 Å². The lowest BCUT2D eigenvalue weighted by Gasteiger charge is -2.06. The normalized spacial score (nSPS) is 10.5. The summed E-state index contributed by atoms with van der Waals surface area (Å²) in [5, 5.41) is 7.22. The summed E-state index contributed by atoms with van der Waals surface area (Å²) in [6, 6.07) is 20.9. The highest BCUT2D eigenvalue weighted by Crippen LogP contribution is 2.22. The maximum absolute atomic E-state index is 12.6. The van der Waals surface area contributed by atoms with Gasteiger partial charge in [0.2, 0.25) is 5.95 Å². The van der Waals surface area contributed by atoms with Crippen molar-refractivity contribution < 1.29 is 4.79 Å². The van der Waals surface area contributed by atoms with Crippen LogP contribution in [-0.2, 0) is 7.05 Å². The second kappa shape index (κ2) is 8.57. The van der Waals surface area contributed by atoms with Crippen molar-refractivity contribution in [1.29, 1.82) is 0 Å². The van der Waals surface area contributed by atoms with Crippen molar-refractivity contribution in [3.05, 3.63) is 84.8 Å². The Labute approximate surface area is 172 Å². The predicted molar refractivity (Wildman–Crippen MR) is 115 cm³/mol. The number of carbonyl (C=O) groups is 1. The number of aryl methyl sites for hydroxylation is 1. The number of hydrogen-bond donors (Lipinski definition) is 2. The molecule has 8 heteroatoms. The molecule has 144 valence electrons. The Kier molecular flexibility index (Phi) is 5.53. The Morgan fingerprint density at radius 3 is 2.41 bits per heavy atom. The first-order valence-electron chi connectivity index (χ1n) is 8.90. The minimum Gasteiger partial charge on any atom is -0.321 e. The summed E-state index contributed by atoms with van der Waals surface area (Å²) in [5.74, 6) is 0.290. The van der Waals surface area contributed by atoms with Gasteiger partial charge in [-0.15, -0.1) is 0 Å². The maximum atomic E-state index is 12.6. The van der Waals surface area contributed by atoms with Crippen LogP contribution in [0.15, 0.2) is 84.0 Å². The van der Waals surface area contributed by atoms with Gasteiger partial charge in [0.25, 0.3) is 5.91 Å². The van der Waals surface area contributed by atoms with Crippen LogP contribution in [0.1, 0.15) is 10.5 Å². The van der Waals surface area contributed by atoms with Crippen molar-refractivity contribution in [2.45, 2.75) is 4.90 Å². The SMILES string of the molecule is Cn1nc(C(=O)Nc2ccc(SNc3ncccn3)cc2)cc1-c1ccccc1. The Bertz CT molecular complexity index is 1100. The van der Waals surface area contributed by atoms with E-state index in [0.29, 0.717) is 17.3 Å². The molecule has 0 atom stereocenters. The van der Waals surface area contributed by atoms with E-state index in [1.54, 1.807) is 29.2 Å². The lowest BCUT2D eigenvalue weighted by molar-refractivity contribution is 0.102. The molecule has 7 nitrogen and oxygen atoms in total. The number of benzene rings is 2. The third kappa shape index (κ3) is 4.61. The van der Waals surface area contributed by atoms with Crippen LogP contribution < -0.4 is 10.0 Å². The van der Waals surface area contributed by atoms with Crippen LogP contribution >= 0.6 is 11.9 Å². The highest BCUT2D eigenvalue weighted by molar-refractivity contribution is 8.00. The molecule has 0 saturated carbocycles. The zero-order valence-electron chi connectivity index (χ0n) is 15.6. The van der Waals surface area contributed by atoms with Crippen LogP contribution in [0.25, 0.3) is 11.3 Å². The number of nitrogens with zero attached hydrogens (tertiary/aromatic N) is 4. The average molecular weight is 402 g/mol. The number of hydrogen-bond acceptors (Lipinski definition) is 6. The molecule has 0 fully saturated rings. The molecule has 29 heavy (non-hydrogen) atoms. The zero-order valence-corrected chi connectivity index (χ0v) is 16.4. The molecule has 0 saturated heterocycles. The first-order valence-corrected chi connectivity index (χ1v) is 9.71. The standard InChI is InChI=1S/C21H18N6OS/c1-27-19(15-6-3-2-4-7-15)14-18(25-27)20(28)24-16-8-10-17(11-9-16)29-26-21-22-12-5-13-23-21/h2-14H,1H3,(H,24,28)(H,22,23,26). The van der Waals surface area contributed by atoms with Gasteiger partial charge in [-0.2, -0.15) is 5.10 Å². The molecule has 0 spiro atoms. The highest BCUT2D eigenvalue weighted by atomic mass is 32.2. The van der Waals surface area contributed by atoms with E-state index in [0.717, 1.165) is 16.2 Å². The van der Waals surface area contributed by atoms with E-state index in [4.69, 9.17) is 0 Å². The second-order valence-electron chi connectivity index (χ2n) is 6.16. The van der Waals surface area contributed by atoms with E-state index in [2.05, 4.69) is 25.1 Å². The summed E-state index contributed by atoms with van der Waals surface area (Å²) in [7, 11) is 1.83. The van der Waals surface area contributed by atoms with Crippen LogP contribution in [-0.4, -0.2) is 25.7 Å². The summed E-state index contributed by atoms with van der Waals surface area (Å²) in [6.07, 6.45) is 3.35. The van der Waals surface area contributed by atoms with Crippen molar-refractivity contribution in [1.82, 2.24) is 19.7 Å². The van der Waals surface area contributed by atoms with Gasteiger partial charge in [0.15, 0.2) is 5.69 Å². The van der Waals surface area contributed by atoms with Gasteiger partial charge >= 0.3 is 0 Å². The number of anilines is 2. The molecule has 1 amide bonds. The molecule has 0 unspecified atom stereocenters. The van der Waals surface area contributed by atoms with Gasteiger partial charge in [0.05, 0.1) is 5.69 Å². The summed E-state index contributed by atoms with van der Waals surface area (Å²) in [5.41, 5.74) is 2.96. The van der Waals surface area contributed by atoms with E-state index in [1.165, 1.54) is 11.9 Å². The monoisotopic (exact) mass is 402 g/mol. The summed E-state index contributed by atoms with van der Waals surface area (Å²) in [6.45, 7) is 0. The summed E-state index contributed by atoms with van der Waals surface area (Å²) in [4.78, 5) is 21.8. The Morgan fingerprint density at radius 1 is 0.966 bits per heavy atom. The molecule has 2 aromatic heterocycles. The van der Waals surface area contributed by atoms with Crippen LogP contribution in [0, 0.1) is 0 Å². The fourth-order valence-corrected chi connectivity index (χ4v) is 3.30. The molecule has 0 radical (unpaired) electrons. The lowest BCUT2D eigenvalue weighted by atomic mass is 10.1. The molecule has 0 aliphatic carbocycles. The summed E-state index contributed by atoms with van der Waals surface area (Å²) >= 11 is 1.40. The van der Waals surface area contributed by atoms with Crippen molar-refractivity contribution >= 4 is 29.5 Å². The summed E-state index contributed by atoms with van der Waals surface area (Å²) < 4.78 is 4.78. The molecule has 0 aliphatic rings. The van der Waals surface area contributed by atoms with E-state index in [9.17, 15) is 4.79 Å². The van der Waals surface area contributed by atoms with Crippen molar-refractivity contribution in [3.8, 4) is 11.3 Å². The van der Waals surface area contributed by atoms with Crippen molar-refractivity contribution in [2.24, 2.45) is 7.05 Å². The largest absolute Gasteiger partial charge is 0.321 e. The lowest BCUT2D eigenvalue weighted by Crippen LogP contribution is -2.12. The van der Waals surface area contributed by atoms with Crippen LogP contribution in [0.5, 0.6) is 0 Å². The van der Waals surface area contributed by atoms with Gasteiger partial charge in [-0.25, -0.2) is 9.97 Å². The van der Waals surface area contributed by atoms with Gasteiger partial charge in [-0.05, 0) is 53.9 Å². The van der Waals surface area contributed by atoms with Gasteiger partial charge in [0, 0.05) is 30.0 Å². The zero-order chi connectivity index (χ0) is 20.1. The first kappa shape index (κ1) is 18.7. The molecule has 2 aromatic carbocycles. The Hall–Kier alpha value is -3.65. The fraction of sp³-hybridized carbons (Fsp3) is 0.0476. The van der Waals surface area contributed by atoms with E-state index < -0.39 is 0 Å². The third-order valence-corrected chi connectivity index (χ3v) is 4.91. The number of carbonyl (C=O) groups excluding carboxylic acids is 1. The molecule has 2 heterocycles. The minimum atomic E-state index is -0.251. The average Bonchev–Trinajstić information content (AvgIpc) is 3.16. The van der Waals surface area contributed by atoms with Crippen LogP contribution in [0.2, 0.25) is 0 Å². The molecular weight excluding hydrogens is 384 g/mol. The van der Waals surface area contributed by atoms with Crippen molar-refractivity contribution in [3.63, 3.8) is 0 Å². The van der Waals surface area contributed by atoms with E-state index >= 15 is 0 Å². The number of amides is 1. The molecule has 2 N–H and O–H groups in total. The van der Waals surface area contributed by atoms with E-state index in [-0.39, 0.29) is 5.91 Å². The molecular formula is C21H18N6OS. The molecule has 4 rings (SSSR count). The third-order valence-electron chi connectivity index (χ3n) is 4.12. The topological polar surface area (TPSA) is 84.7 Å². The Morgan fingerprint density at radius 2 is 1.69 bits per heavy atom. The van der Waals surface area contributed by atoms with Crippen LogP contribution in [0.3, 0.4) is 0 Å². The van der Waals surface area contributed by atoms with Gasteiger partial charge in [-0.3, -0.25) is 14.2 Å².